The number of pyridine rings is 1. The van der Waals surface area contributed by atoms with Crippen LogP contribution in [0.15, 0.2) is 206 Å². The van der Waals surface area contributed by atoms with Crippen LogP contribution in [0.2, 0.25) is 0 Å². The number of hydrogen-bond donors (Lipinski definition) is 0. The number of para-hydroxylation sites is 4. The fourth-order valence-electron chi connectivity index (χ4n) is 7.68. The number of rotatable bonds is 8. The molecule has 0 amide bonds. The Morgan fingerprint density at radius 3 is 1.95 bits per heavy atom. The minimum absolute atomic E-state index is 0. The Hall–Kier alpha value is -7.33. The Morgan fingerprint density at radius 2 is 1.18 bits per heavy atom. The predicted molar refractivity (Wildman–Crippen MR) is 236 cm³/mol. The van der Waals surface area contributed by atoms with Gasteiger partial charge in [0.1, 0.15) is 5.82 Å². The zero-order valence-electron chi connectivity index (χ0n) is 41.4. The topological polar surface area (TPSA) is 35.9 Å². The average Bonchev–Trinajstić information content (AvgIpc) is 3.92. The summed E-state index contributed by atoms with van der Waals surface area (Å²) in [6.45, 7) is 0. The molecule has 3 aromatic heterocycles. The molecule has 0 unspecified atom stereocenters. The van der Waals surface area contributed by atoms with Crippen molar-refractivity contribution in [3.63, 3.8) is 0 Å². The van der Waals surface area contributed by atoms with E-state index in [-0.39, 0.29) is 49.0 Å². The van der Waals surface area contributed by atoms with Crippen molar-refractivity contribution in [1.29, 1.82) is 0 Å². The minimum Gasteiger partial charge on any atom is -0.510 e. The molecule has 11 rings (SSSR count). The maximum atomic E-state index is 9.00. The molecule has 0 aliphatic heterocycles. The number of imidazole rings is 1. The van der Waals surface area contributed by atoms with Gasteiger partial charge in [-0.3, -0.25) is 4.57 Å². The molecule has 0 radical (unpaired) electrons. The van der Waals surface area contributed by atoms with E-state index in [2.05, 4.69) is 53.4 Å². The van der Waals surface area contributed by atoms with Gasteiger partial charge in [-0.2, -0.15) is 18.2 Å². The second-order valence-electron chi connectivity index (χ2n) is 13.6. The summed E-state index contributed by atoms with van der Waals surface area (Å²) in [6.07, 6.45) is 5.18. The molecule has 0 atom stereocenters. The Bertz CT molecular complexity index is 3770. The van der Waals surface area contributed by atoms with Crippen LogP contribution in [0.5, 0.6) is 11.5 Å². The first kappa shape index (κ1) is 27.4. The van der Waals surface area contributed by atoms with Crippen molar-refractivity contribution in [2.24, 2.45) is 0 Å². The second-order valence-corrected chi connectivity index (χ2v) is 13.6. The van der Waals surface area contributed by atoms with Gasteiger partial charge < -0.3 is 13.9 Å². The number of fused-ring (bicyclic) bond motifs is 4. The van der Waals surface area contributed by atoms with Crippen LogP contribution in [0.4, 0.5) is 0 Å². The van der Waals surface area contributed by atoms with E-state index in [4.69, 9.17) is 23.4 Å². The SMILES string of the molecule is [2H]c1c([2H])c([2H])c(-c2cccc(-c3c([2H])c([2H])c([2H])c([2H])c3[2H])c2-[n+]2[c-]n(-c3[c-]c(Oc4[c-]c5c(cc4)c4ccccc4n5-c4ncccc4-c4ccccc4)ccc3)c3ccccc32)c([2H])c1[2H].[Pt]. The molecule has 0 aliphatic rings. The Balaban J connectivity index is 0.00000567. The third-order valence-corrected chi connectivity index (χ3v) is 10.2. The van der Waals surface area contributed by atoms with E-state index < -0.39 is 60.4 Å². The van der Waals surface area contributed by atoms with Gasteiger partial charge in [0, 0.05) is 49.8 Å². The summed E-state index contributed by atoms with van der Waals surface area (Å²) in [6, 6.07) is 45.1. The van der Waals surface area contributed by atoms with Crippen molar-refractivity contribution in [2.45, 2.75) is 0 Å². The van der Waals surface area contributed by atoms with Crippen molar-refractivity contribution in [2.75, 3.05) is 0 Å². The largest absolute Gasteiger partial charge is 0.510 e. The van der Waals surface area contributed by atoms with Crippen molar-refractivity contribution in [3.05, 3.63) is 225 Å². The van der Waals surface area contributed by atoms with Gasteiger partial charge in [0.05, 0.1) is 30.4 Å². The molecule has 0 saturated carbocycles. The molecule has 0 fully saturated rings. The molecule has 11 aromatic rings. The summed E-state index contributed by atoms with van der Waals surface area (Å²) in [5, 5.41) is 1.99. The van der Waals surface area contributed by atoms with Crippen LogP contribution in [-0.2, 0) is 21.1 Å². The first-order chi connectivity index (χ1) is 33.4. The first-order valence-electron chi connectivity index (χ1n) is 23.8. The molecule has 5 nitrogen and oxygen atoms in total. The number of ether oxygens (including phenoxy) is 1. The standard InChI is InChI=1S/C54H34N4O.Pt/c1-4-17-38(18-5-1)44-26-15-27-45(39-19-6-2-7-20-39)53(44)57-37-56(50-30-12-13-31-51(50)57)41-23-14-24-42(35-41)59-43-32-33-48-47-25-10-11-29-49(47)58(52(48)36-43)54-46(28-16-34-55-54)40-21-8-3-9-22-40;/h1-34H;/q-2;/i1D,2D,4D,5D,6D,7D,17D,18D,19D,20D;. The third-order valence-electron chi connectivity index (χ3n) is 10.2. The zero-order valence-corrected chi connectivity index (χ0v) is 33.6. The number of hydrogen-bond acceptors (Lipinski definition) is 2. The Kier molecular flexibility index (Phi) is 7.20. The first-order valence-corrected chi connectivity index (χ1v) is 18.8. The van der Waals surface area contributed by atoms with Crippen molar-refractivity contribution in [1.82, 2.24) is 14.1 Å². The van der Waals surface area contributed by atoms with Crippen LogP contribution in [0.25, 0.3) is 83.4 Å². The normalized spacial score (nSPS) is 13.5. The molecule has 3 heterocycles. The molecular weight excluding hydrogens is 916 g/mol. The third kappa shape index (κ3) is 6.50. The molecule has 0 aliphatic carbocycles. The van der Waals surface area contributed by atoms with Gasteiger partial charge in [-0.05, 0) is 57.1 Å². The van der Waals surface area contributed by atoms with Gasteiger partial charge in [-0.1, -0.05) is 157 Å². The summed E-state index contributed by atoms with van der Waals surface area (Å²) >= 11 is 0. The Labute approximate surface area is 376 Å². The van der Waals surface area contributed by atoms with Crippen LogP contribution in [0.3, 0.4) is 0 Å². The summed E-state index contributed by atoms with van der Waals surface area (Å²) in [7, 11) is 0. The molecule has 60 heavy (non-hydrogen) atoms. The van der Waals surface area contributed by atoms with E-state index in [1.54, 1.807) is 51.7 Å². The van der Waals surface area contributed by atoms with Gasteiger partial charge in [-0.25, -0.2) is 4.98 Å². The number of benzene rings is 8. The van der Waals surface area contributed by atoms with Crippen molar-refractivity contribution in [3.8, 4) is 62.1 Å². The Morgan fingerprint density at radius 1 is 0.533 bits per heavy atom. The smallest absolute Gasteiger partial charge is 0.268 e. The van der Waals surface area contributed by atoms with Gasteiger partial charge in [0.25, 0.3) is 6.33 Å². The molecule has 0 spiro atoms. The van der Waals surface area contributed by atoms with E-state index in [1.165, 1.54) is 0 Å². The van der Waals surface area contributed by atoms with E-state index in [0.717, 1.165) is 38.8 Å². The van der Waals surface area contributed by atoms with Gasteiger partial charge >= 0.3 is 0 Å². The summed E-state index contributed by atoms with van der Waals surface area (Å²) in [4.78, 5) is 4.89. The van der Waals surface area contributed by atoms with E-state index >= 15 is 0 Å². The molecule has 0 N–H and O–H groups in total. The number of aromatic nitrogens is 4. The fraction of sp³-hybridized carbons (Fsp3) is 0. The van der Waals surface area contributed by atoms with Crippen LogP contribution in [-0.4, -0.2) is 14.1 Å². The predicted octanol–water partition coefficient (Wildman–Crippen LogP) is 12.6. The average molecular weight is 960 g/mol. The fourth-order valence-corrected chi connectivity index (χ4v) is 7.68. The van der Waals surface area contributed by atoms with Crippen molar-refractivity contribution >= 4 is 32.8 Å². The maximum absolute atomic E-state index is 9.00. The molecule has 8 aromatic carbocycles. The number of nitrogens with zero attached hydrogens (tertiary/aromatic N) is 4. The summed E-state index contributed by atoms with van der Waals surface area (Å²) < 4.78 is 98.8. The second kappa shape index (κ2) is 15.8. The minimum atomic E-state index is -0.573. The van der Waals surface area contributed by atoms with Crippen LogP contribution < -0.4 is 9.30 Å². The van der Waals surface area contributed by atoms with E-state index in [9.17, 15) is 0 Å². The van der Waals surface area contributed by atoms with Gasteiger partial charge in [-0.15, -0.1) is 29.7 Å². The van der Waals surface area contributed by atoms with Gasteiger partial charge in [0.2, 0.25) is 0 Å². The van der Waals surface area contributed by atoms with Crippen molar-refractivity contribution < 1.29 is 44.1 Å². The summed E-state index contributed by atoms with van der Waals surface area (Å²) in [5.74, 6) is 1.51. The monoisotopic (exact) mass is 959 g/mol. The summed E-state index contributed by atoms with van der Waals surface area (Å²) in [5.41, 5.74) is 5.48. The van der Waals surface area contributed by atoms with Gasteiger partial charge in [0.15, 0.2) is 0 Å². The zero-order chi connectivity index (χ0) is 47.8. The maximum Gasteiger partial charge on any atom is 0.268 e. The molecule has 288 valence electrons. The van der Waals surface area contributed by atoms with E-state index in [0.29, 0.717) is 28.2 Å². The van der Waals surface area contributed by atoms with Crippen LogP contribution >= 0.6 is 0 Å². The van der Waals surface area contributed by atoms with E-state index in [1.807, 2.05) is 72.8 Å². The quantitative estimate of drug-likeness (QED) is 0.112. The molecule has 6 heteroatoms. The molecule has 0 bridgehead atoms. The van der Waals surface area contributed by atoms with Crippen LogP contribution in [0, 0.1) is 18.5 Å². The molecule has 0 saturated heterocycles. The van der Waals surface area contributed by atoms with Crippen LogP contribution in [0.1, 0.15) is 13.7 Å². The molecular formula is C54H34N4OPt-2.